The molecule has 0 radical (unpaired) electrons. The van der Waals surface area contributed by atoms with Crippen LogP contribution in [0.3, 0.4) is 0 Å². The molecule has 2 nitrogen and oxygen atoms in total. The normalized spacial score (nSPS) is 27.4. The second kappa shape index (κ2) is 4.93. The number of nitrogens with zero attached hydrogens (tertiary/aromatic N) is 1. The molecule has 1 atom stereocenters. The zero-order chi connectivity index (χ0) is 13.4. The first-order chi connectivity index (χ1) is 8.42. The van der Waals surface area contributed by atoms with E-state index in [4.69, 9.17) is 4.98 Å². The summed E-state index contributed by atoms with van der Waals surface area (Å²) in [6.45, 7) is 9.18. The molecular weight excluding hydrogens is 240 g/mol. The van der Waals surface area contributed by atoms with Crippen molar-refractivity contribution in [1.82, 2.24) is 10.3 Å². The summed E-state index contributed by atoms with van der Waals surface area (Å²) in [7, 11) is 2.10. The van der Waals surface area contributed by atoms with Crippen LogP contribution < -0.4 is 5.32 Å². The van der Waals surface area contributed by atoms with E-state index in [0.717, 1.165) is 6.42 Å². The molecule has 0 spiro atoms. The molecule has 0 saturated heterocycles. The highest BCUT2D eigenvalue weighted by atomic mass is 32.1. The maximum atomic E-state index is 4.92. The fourth-order valence-electron chi connectivity index (χ4n) is 3.33. The Kier molecular flexibility index (Phi) is 3.84. The topological polar surface area (TPSA) is 24.9 Å². The van der Waals surface area contributed by atoms with Crippen molar-refractivity contribution in [2.24, 2.45) is 5.41 Å². The van der Waals surface area contributed by atoms with Gasteiger partial charge >= 0.3 is 0 Å². The van der Waals surface area contributed by atoms with E-state index in [-0.39, 0.29) is 5.54 Å². The molecule has 0 bridgehead atoms. The maximum absolute atomic E-state index is 4.92. The molecule has 1 N–H and O–H groups in total. The predicted octanol–water partition coefficient (Wildman–Crippen LogP) is 4.03. The van der Waals surface area contributed by atoms with E-state index >= 15 is 0 Å². The van der Waals surface area contributed by atoms with Gasteiger partial charge in [-0.05, 0) is 45.1 Å². The summed E-state index contributed by atoms with van der Waals surface area (Å²) in [5.74, 6) is 0. The number of thiazole rings is 1. The van der Waals surface area contributed by atoms with Crippen molar-refractivity contribution < 1.29 is 0 Å². The smallest absolute Gasteiger partial charge is 0.113 e. The predicted molar refractivity (Wildman–Crippen MR) is 79.2 cm³/mol. The van der Waals surface area contributed by atoms with E-state index in [1.54, 1.807) is 0 Å². The van der Waals surface area contributed by atoms with Crippen LogP contribution >= 0.6 is 11.3 Å². The minimum absolute atomic E-state index is 0.116. The van der Waals surface area contributed by atoms with Gasteiger partial charge in [0.25, 0.3) is 0 Å². The van der Waals surface area contributed by atoms with Crippen LogP contribution in [0.15, 0.2) is 0 Å². The van der Waals surface area contributed by atoms with Crippen molar-refractivity contribution in [3.05, 3.63) is 15.6 Å². The minimum Gasteiger partial charge on any atom is -0.308 e. The van der Waals surface area contributed by atoms with Gasteiger partial charge in [0.05, 0.1) is 11.2 Å². The van der Waals surface area contributed by atoms with Crippen molar-refractivity contribution in [3.8, 4) is 0 Å². The third-order valence-corrected chi connectivity index (χ3v) is 5.57. The molecule has 1 aromatic heterocycles. The third kappa shape index (κ3) is 2.48. The van der Waals surface area contributed by atoms with Crippen LogP contribution in [0.5, 0.6) is 0 Å². The average molecular weight is 266 g/mol. The van der Waals surface area contributed by atoms with Gasteiger partial charge in [-0.1, -0.05) is 27.2 Å². The van der Waals surface area contributed by atoms with E-state index in [2.05, 4.69) is 40.1 Å². The molecule has 102 valence electrons. The quantitative estimate of drug-likeness (QED) is 0.893. The van der Waals surface area contributed by atoms with Crippen molar-refractivity contribution in [2.75, 3.05) is 7.05 Å². The number of nitrogens with one attached hydrogen (secondary N) is 1. The van der Waals surface area contributed by atoms with E-state index in [1.807, 2.05) is 11.3 Å². The first-order valence-corrected chi connectivity index (χ1v) is 7.90. The molecule has 1 fully saturated rings. The highest BCUT2D eigenvalue weighted by Crippen LogP contribution is 2.47. The van der Waals surface area contributed by atoms with Crippen LogP contribution in [0.4, 0.5) is 0 Å². The van der Waals surface area contributed by atoms with Gasteiger partial charge in [-0.25, -0.2) is 4.98 Å². The Morgan fingerprint density at radius 2 is 2.06 bits per heavy atom. The second-order valence-electron chi connectivity index (χ2n) is 6.40. The molecule has 18 heavy (non-hydrogen) atoms. The largest absolute Gasteiger partial charge is 0.308 e. The Morgan fingerprint density at radius 1 is 1.33 bits per heavy atom. The first kappa shape index (κ1) is 14.0. The third-order valence-electron chi connectivity index (χ3n) is 4.35. The molecular formula is C15H26N2S. The Labute approximate surface area is 115 Å². The first-order valence-electron chi connectivity index (χ1n) is 7.08. The zero-order valence-electron chi connectivity index (χ0n) is 12.4. The van der Waals surface area contributed by atoms with Crippen molar-refractivity contribution >= 4 is 11.3 Å². The van der Waals surface area contributed by atoms with Crippen LogP contribution in [0.1, 0.15) is 62.0 Å². The van der Waals surface area contributed by atoms with E-state index < -0.39 is 0 Å². The highest BCUT2D eigenvalue weighted by Gasteiger charge is 2.42. The Morgan fingerprint density at radius 3 is 2.56 bits per heavy atom. The fourth-order valence-corrected chi connectivity index (χ4v) is 4.55. The Balaban J connectivity index is 2.36. The van der Waals surface area contributed by atoms with Crippen LogP contribution in [0.25, 0.3) is 0 Å². The summed E-state index contributed by atoms with van der Waals surface area (Å²) < 4.78 is 0. The lowest BCUT2D eigenvalue weighted by Crippen LogP contribution is -2.46. The molecule has 0 aliphatic heterocycles. The molecule has 0 amide bonds. The van der Waals surface area contributed by atoms with E-state index in [1.165, 1.54) is 41.3 Å². The summed E-state index contributed by atoms with van der Waals surface area (Å²) in [4.78, 5) is 6.31. The number of aromatic nitrogens is 1. The van der Waals surface area contributed by atoms with Gasteiger partial charge in [0.2, 0.25) is 0 Å². The van der Waals surface area contributed by atoms with Crippen LogP contribution in [-0.4, -0.2) is 12.0 Å². The van der Waals surface area contributed by atoms with Crippen LogP contribution in [0, 0.1) is 12.3 Å². The lowest BCUT2D eigenvalue weighted by Gasteiger charge is -2.43. The lowest BCUT2D eigenvalue weighted by molar-refractivity contribution is 0.125. The molecule has 1 aromatic rings. The van der Waals surface area contributed by atoms with Gasteiger partial charge in [-0.3, -0.25) is 0 Å². The number of hydrogen-bond acceptors (Lipinski definition) is 3. The summed E-state index contributed by atoms with van der Waals surface area (Å²) in [6, 6.07) is 0. The van der Waals surface area contributed by atoms with Crippen LogP contribution in [-0.2, 0) is 12.0 Å². The Bertz CT molecular complexity index is 422. The van der Waals surface area contributed by atoms with Crippen molar-refractivity contribution in [2.45, 2.75) is 65.3 Å². The van der Waals surface area contributed by atoms with Gasteiger partial charge in [0.1, 0.15) is 5.01 Å². The lowest BCUT2D eigenvalue weighted by atomic mass is 9.68. The monoisotopic (exact) mass is 266 g/mol. The fraction of sp³-hybridized carbons (Fsp3) is 0.800. The van der Waals surface area contributed by atoms with Crippen molar-refractivity contribution in [1.29, 1.82) is 0 Å². The molecule has 1 aliphatic carbocycles. The van der Waals surface area contributed by atoms with Gasteiger partial charge in [0, 0.05) is 4.88 Å². The number of aryl methyl sites for hydroxylation is 2. The second-order valence-corrected chi connectivity index (χ2v) is 7.61. The Hall–Kier alpha value is -0.410. The summed E-state index contributed by atoms with van der Waals surface area (Å²) >= 11 is 1.90. The van der Waals surface area contributed by atoms with Crippen LogP contribution in [0.2, 0.25) is 0 Å². The molecule has 1 saturated carbocycles. The molecule has 2 rings (SSSR count). The summed E-state index contributed by atoms with van der Waals surface area (Å²) in [5, 5.41) is 4.91. The van der Waals surface area contributed by atoms with Gasteiger partial charge in [-0.15, -0.1) is 11.3 Å². The zero-order valence-corrected chi connectivity index (χ0v) is 13.2. The van der Waals surface area contributed by atoms with E-state index in [0.29, 0.717) is 5.41 Å². The van der Waals surface area contributed by atoms with Gasteiger partial charge in [0.15, 0.2) is 0 Å². The number of rotatable bonds is 3. The van der Waals surface area contributed by atoms with Gasteiger partial charge in [-0.2, -0.15) is 0 Å². The standard InChI is InChI=1S/C15H26N2S/c1-6-12-11(2)18-13(17-12)15(16-5)9-7-8-14(3,4)10-15/h16H,6-10H2,1-5H3. The molecule has 1 aliphatic rings. The summed E-state index contributed by atoms with van der Waals surface area (Å²) in [6.07, 6.45) is 6.11. The molecule has 0 aromatic carbocycles. The van der Waals surface area contributed by atoms with E-state index in [9.17, 15) is 0 Å². The SMILES string of the molecule is CCc1nc(C2(NC)CCCC(C)(C)C2)sc1C. The average Bonchev–Trinajstić information content (AvgIpc) is 2.69. The molecule has 1 unspecified atom stereocenters. The molecule has 3 heteroatoms. The maximum Gasteiger partial charge on any atom is 0.113 e. The summed E-state index contributed by atoms with van der Waals surface area (Å²) in [5.41, 5.74) is 1.82. The number of hydrogen-bond donors (Lipinski definition) is 1. The van der Waals surface area contributed by atoms with Crippen molar-refractivity contribution in [3.63, 3.8) is 0 Å². The minimum atomic E-state index is 0.116. The highest BCUT2D eigenvalue weighted by molar-refractivity contribution is 7.11. The van der Waals surface area contributed by atoms with Gasteiger partial charge < -0.3 is 5.32 Å². The molecule has 1 heterocycles.